The number of carbonyl (C=O) groups is 1. The van der Waals surface area contributed by atoms with Gasteiger partial charge in [-0.05, 0) is 27.2 Å². The van der Waals surface area contributed by atoms with Crippen LogP contribution in [0.2, 0.25) is 0 Å². The lowest BCUT2D eigenvalue weighted by Gasteiger charge is -2.28. The highest BCUT2D eigenvalue weighted by Gasteiger charge is 2.29. The number of hydroxylamine groups is 2. The number of ether oxygens (including phenoxy) is 1. The number of aliphatic hydroxyl groups excluding tert-OH is 1. The molecule has 1 aromatic rings. The minimum Gasteiger partial charge on any atom is -0.442 e. The summed E-state index contributed by atoms with van der Waals surface area (Å²) >= 11 is 0. The SMILES string of the molecule is CC(C)(C)OC(=O)N(O)[C@@H](CCO)c1cncc(C#N)n1. The maximum Gasteiger partial charge on any atom is 0.434 e. The Balaban J connectivity index is 3.00. The van der Waals surface area contributed by atoms with Gasteiger partial charge in [0.2, 0.25) is 0 Å². The highest BCUT2D eigenvalue weighted by Crippen LogP contribution is 2.22. The van der Waals surface area contributed by atoms with Gasteiger partial charge in [-0.25, -0.2) is 9.78 Å². The molecule has 114 valence electrons. The number of hydrogen-bond donors (Lipinski definition) is 2. The van der Waals surface area contributed by atoms with Crippen LogP contribution >= 0.6 is 0 Å². The summed E-state index contributed by atoms with van der Waals surface area (Å²) in [5, 5.41) is 28.2. The molecule has 21 heavy (non-hydrogen) atoms. The molecular formula is C13H18N4O4. The van der Waals surface area contributed by atoms with Gasteiger partial charge in [0.1, 0.15) is 17.7 Å². The van der Waals surface area contributed by atoms with E-state index in [4.69, 9.17) is 15.1 Å². The van der Waals surface area contributed by atoms with E-state index in [1.807, 2.05) is 6.07 Å². The third-order valence-corrected chi connectivity index (χ3v) is 2.39. The van der Waals surface area contributed by atoms with Crippen LogP contribution in [-0.2, 0) is 4.74 Å². The molecule has 1 heterocycles. The molecule has 8 nitrogen and oxygen atoms in total. The summed E-state index contributed by atoms with van der Waals surface area (Å²) < 4.78 is 5.05. The van der Waals surface area contributed by atoms with Crippen LogP contribution in [0.25, 0.3) is 0 Å². The summed E-state index contributed by atoms with van der Waals surface area (Å²) in [5.74, 6) is 0. The Morgan fingerprint density at radius 3 is 2.71 bits per heavy atom. The smallest absolute Gasteiger partial charge is 0.434 e. The zero-order valence-electron chi connectivity index (χ0n) is 12.1. The number of rotatable bonds is 4. The van der Waals surface area contributed by atoms with Crippen LogP contribution in [0.5, 0.6) is 0 Å². The fourth-order valence-corrected chi connectivity index (χ4v) is 1.55. The molecule has 0 radical (unpaired) electrons. The van der Waals surface area contributed by atoms with Gasteiger partial charge in [-0.1, -0.05) is 0 Å². The van der Waals surface area contributed by atoms with E-state index < -0.39 is 17.7 Å². The van der Waals surface area contributed by atoms with Gasteiger partial charge in [0.05, 0.1) is 18.1 Å². The molecule has 0 aliphatic heterocycles. The Labute approximate surface area is 122 Å². The summed E-state index contributed by atoms with van der Waals surface area (Å²) in [4.78, 5) is 19.6. The number of nitrogens with zero attached hydrogens (tertiary/aromatic N) is 4. The molecule has 2 N–H and O–H groups in total. The van der Waals surface area contributed by atoms with E-state index in [-0.39, 0.29) is 24.4 Å². The standard InChI is InChI=1S/C13H18N4O4/c1-13(2,3)21-12(19)17(20)11(4-5-18)10-8-15-7-9(6-14)16-10/h7-8,11,18,20H,4-5H2,1-3H3/t11-/m0/s1. The van der Waals surface area contributed by atoms with E-state index in [2.05, 4.69) is 9.97 Å². The zero-order valence-corrected chi connectivity index (χ0v) is 12.1. The topological polar surface area (TPSA) is 120 Å². The third-order valence-electron chi connectivity index (χ3n) is 2.39. The molecule has 0 unspecified atom stereocenters. The molecule has 0 saturated carbocycles. The molecule has 8 heteroatoms. The average molecular weight is 294 g/mol. The summed E-state index contributed by atoms with van der Waals surface area (Å²) in [6.07, 6.45) is 1.63. The van der Waals surface area contributed by atoms with E-state index in [0.29, 0.717) is 5.06 Å². The van der Waals surface area contributed by atoms with Crippen molar-refractivity contribution in [3.8, 4) is 6.07 Å². The molecule has 1 atom stereocenters. The molecular weight excluding hydrogens is 276 g/mol. The first-order valence-electron chi connectivity index (χ1n) is 6.32. The highest BCUT2D eigenvalue weighted by molar-refractivity contribution is 5.67. The number of amides is 1. The maximum atomic E-state index is 11.9. The van der Waals surface area contributed by atoms with Crippen molar-refractivity contribution in [3.63, 3.8) is 0 Å². The van der Waals surface area contributed by atoms with Crippen LogP contribution in [-0.4, -0.2) is 43.6 Å². The van der Waals surface area contributed by atoms with Gasteiger partial charge in [-0.15, -0.1) is 0 Å². The first kappa shape index (κ1) is 16.8. The Bertz CT molecular complexity index is 536. The number of aromatic nitrogens is 2. The van der Waals surface area contributed by atoms with Crippen molar-refractivity contribution < 1.29 is 19.8 Å². The summed E-state index contributed by atoms with van der Waals surface area (Å²) in [6, 6.07) is 0.865. The van der Waals surface area contributed by atoms with E-state index in [1.165, 1.54) is 12.4 Å². The molecule has 0 aromatic carbocycles. The molecule has 0 saturated heterocycles. The van der Waals surface area contributed by atoms with Crippen molar-refractivity contribution in [2.75, 3.05) is 6.61 Å². The van der Waals surface area contributed by atoms with Crippen molar-refractivity contribution in [2.24, 2.45) is 0 Å². The third kappa shape index (κ3) is 4.98. The first-order valence-corrected chi connectivity index (χ1v) is 6.32. The zero-order chi connectivity index (χ0) is 16.0. The van der Waals surface area contributed by atoms with Crippen molar-refractivity contribution in [3.05, 3.63) is 23.8 Å². The minimum atomic E-state index is -0.967. The Kier molecular flexibility index (Phi) is 5.58. The Morgan fingerprint density at radius 2 is 2.19 bits per heavy atom. The van der Waals surface area contributed by atoms with Crippen molar-refractivity contribution in [2.45, 2.75) is 38.8 Å². The van der Waals surface area contributed by atoms with Gasteiger partial charge >= 0.3 is 6.09 Å². The first-order chi connectivity index (χ1) is 9.78. The van der Waals surface area contributed by atoms with Crippen LogP contribution in [0.1, 0.15) is 44.6 Å². The van der Waals surface area contributed by atoms with Gasteiger partial charge in [-0.2, -0.15) is 10.3 Å². The molecule has 0 aliphatic rings. The normalized spacial score (nSPS) is 12.4. The molecule has 1 amide bonds. The van der Waals surface area contributed by atoms with Crippen LogP contribution < -0.4 is 0 Å². The van der Waals surface area contributed by atoms with Crippen LogP contribution in [0.15, 0.2) is 12.4 Å². The lowest BCUT2D eigenvalue weighted by molar-refractivity contribution is -0.126. The Hall–Kier alpha value is -2.24. The average Bonchev–Trinajstić information content (AvgIpc) is 2.42. The lowest BCUT2D eigenvalue weighted by atomic mass is 10.1. The fourth-order valence-electron chi connectivity index (χ4n) is 1.55. The molecule has 1 rings (SSSR count). The van der Waals surface area contributed by atoms with Crippen molar-refractivity contribution in [1.82, 2.24) is 15.0 Å². The fraction of sp³-hybridized carbons (Fsp3) is 0.538. The van der Waals surface area contributed by atoms with E-state index >= 15 is 0 Å². The summed E-state index contributed by atoms with van der Waals surface area (Å²) in [7, 11) is 0. The Morgan fingerprint density at radius 1 is 1.52 bits per heavy atom. The number of aliphatic hydroxyl groups is 1. The van der Waals surface area contributed by atoms with Crippen LogP contribution in [0, 0.1) is 11.3 Å². The highest BCUT2D eigenvalue weighted by atomic mass is 16.6. The quantitative estimate of drug-likeness (QED) is 0.636. The lowest BCUT2D eigenvalue weighted by Crippen LogP contribution is -2.37. The van der Waals surface area contributed by atoms with Crippen molar-refractivity contribution in [1.29, 1.82) is 5.26 Å². The van der Waals surface area contributed by atoms with Gasteiger partial charge in [0.15, 0.2) is 5.69 Å². The number of carbonyl (C=O) groups excluding carboxylic acids is 1. The summed E-state index contributed by atoms with van der Waals surface area (Å²) in [6.45, 7) is 4.70. The molecule has 0 aliphatic carbocycles. The van der Waals surface area contributed by atoms with Gasteiger partial charge in [-0.3, -0.25) is 10.2 Å². The summed E-state index contributed by atoms with van der Waals surface area (Å²) in [5.41, 5.74) is -0.536. The van der Waals surface area contributed by atoms with Crippen molar-refractivity contribution >= 4 is 6.09 Å². The predicted octanol–water partition coefficient (Wildman–Crippen LogP) is 1.40. The van der Waals surface area contributed by atoms with E-state index in [0.717, 1.165) is 0 Å². The second kappa shape index (κ2) is 6.97. The maximum absolute atomic E-state index is 11.9. The number of hydrogen-bond acceptors (Lipinski definition) is 7. The second-order valence-electron chi connectivity index (χ2n) is 5.29. The van der Waals surface area contributed by atoms with Crippen LogP contribution in [0.4, 0.5) is 4.79 Å². The predicted molar refractivity (Wildman–Crippen MR) is 71.1 cm³/mol. The van der Waals surface area contributed by atoms with Gasteiger partial charge in [0, 0.05) is 6.61 Å². The van der Waals surface area contributed by atoms with Gasteiger partial charge in [0.25, 0.3) is 0 Å². The number of nitriles is 1. The largest absolute Gasteiger partial charge is 0.442 e. The minimum absolute atomic E-state index is 0.0271. The van der Waals surface area contributed by atoms with Crippen LogP contribution in [0.3, 0.4) is 0 Å². The molecule has 0 bridgehead atoms. The molecule has 1 aromatic heterocycles. The van der Waals surface area contributed by atoms with E-state index in [9.17, 15) is 10.0 Å². The molecule has 0 fully saturated rings. The monoisotopic (exact) mass is 294 g/mol. The van der Waals surface area contributed by atoms with E-state index in [1.54, 1.807) is 20.8 Å². The van der Waals surface area contributed by atoms with Gasteiger partial charge < -0.3 is 9.84 Å². The second-order valence-corrected chi connectivity index (χ2v) is 5.29. The molecule has 0 spiro atoms.